The zero-order valence-corrected chi connectivity index (χ0v) is 13.4. The first kappa shape index (κ1) is 14.8. The minimum Gasteiger partial charge on any atom is -0.461 e. The van der Waals surface area contributed by atoms with Gasteiger partial charge in [0.15, 0.2) is 5.69 Å². The Bertz CT molecular complexity index is 796. The van der Waals surface area contributed by atoms with E-state index in [9.17, 15) is 4.79 Å². The summed E-state index contributed by atoms with van der Waals surface area (Å²) in [4.78, 5) is 13.2. The maximum Gasteiger partial charge on any atom is 0.357 e. The van der Waals surface area contributed by atoms with E-state index in [-0.39, 0.29) is 0 Å². The largest absolute Gasteiger partial charge is 0.461 e. The molecule has 0 spiro atoms. The van der Waals surface area contributed by atoms with Crippen molar-refractivity contribution in [1.29, 1.82) is 0 Å². The molecule has 0 saturated heterocycles. The van der Waals surface area contributed by atoms with Crippen molar-refractivity contribution in [2.24, 2.45) is 0 Å². The van der Waals surface area contributed by atoms with Gasteiger partial charge in [0, 0.05) is 11.1 Å². The highest BCUT2D eigenvalue weighted by Crippen LogP contribution is 2.26. The number of nitrogens with zero attached hydrogens (tertiary/aromatic N) is 2. The predicted octanol–water partition coefficient (Wildman–Crippen LogP) is 4.43. The third kappa shape index (κ3) is 2.91. The first-order chi connectivity index (χ1) is 10.7. The van der Waals surface area contributed by atoms with E-state index < -0.39 is 5.97 Å². The molecular formula is C16H13ClN2O2S. The SMILES string of the molecule is CCOC(=O)c1cc(-c2cccs2)nn1-c1cccc(Cl)c1. The number of ether oxygens (including phenoxy) is 1. The number of benzene rings is 1. The first-order valence-corrected chi connectivity index (χ1v) is 8.02. The van der Waals surface area contributed by atoms with Crippen LogP contribution in [-0.2, 0) is 4.74 Å². The van der Waals surface area contributed by atoms with E-state index >= 15 is 0 Å². The second-order valence-corrected chi connectivity index (χ2v) is 5.89. The molecule has 0 unspecified atom stereocenters. The van der Waals surface area contributed by atoms with Gasteiger partial charge in [0.05, 0.1) is 17.2 Å². The molecule has 6 heteroatoms. The van der Waals surface area contributed by atoms with Gasteiger partial charge in [-0.2, -0.15) is 5.10 Å². The van der Waals surface area contributed by atoms with Crippen molar-refractivity contribution >= 4 is 28.9 Å². The number of carbonyl (C=O) groups is 1. The summed E-state index contributed by atoms with van der Waals surface area (Å²) in [6, 6.07) is 12.9. The van der Waals surface area contributed by atoms with E-state index in [4.69, 9.17) is 16.3 Å². The first-order valence-electron chi connectivity index (χ1n) is 6.76. The Kier molecular flexibility index (Phi) is 4.27. The van der Waals surface area contributed by atoms with Crippen LogP contribution in [0.25, 0.3) is 16.3 Å². The van der Waals surface area contributed by atoms with Gasteiger partial charge in [0.2, 0.25) is 0 Å². The summed E-state index contributed by atoms with van der Waals surface area (Å²) in [5.74, 6) is -0.405. The number of thiophene rings is 1. The average molecular weight is 333 g/mol. The molecule has 3 aromatic rings. The van der Waals surface area contributed by atoms with E-state index in [1.165, 1.54) is 0 Å². The molecule has 0 N–H and O–H groups in total. The Morgan fingerprint density at radius 2 is 2.18 bits per heavy atom. The van der Waals surface area contributed by atoms with Crippen LogP contribution in [0.1, 0.15) is 17.4 Å². The molecule has 112 valence electrons. The van der Waals surface area contributed by atoms with Gasteiger partial charge in [-0.1, -0.05) is 23.7 Å². The summed E-state index contributed by atoms with van der Waals surface area (Å²) in [6.45, 7) is 2.09. The monoisotopic (exact) mass is 332 g/mol. The van der Waals surface area contributed by atoms with Crippen molar-refractivity contribution in [3.8, 4) is 16.3 Å². The van der Waals surface area contributed by atoms with Crippen LogP contribution in [0, 0.1) is 0 Å². The number of rotatable bonds is 4. The Balaban J connectivity index is 2.12. The average Bonchev–Trinajstić information content (AvgIpc) is 3.17. The normalized spacial score (nSPS) is 10.6. The summed E-state index contributed by atoms with van der Waals surface area (Å²) in [6.07, 6.45) is 0. The van der Waals surface area contributed by atoms with E-state index in [1.807, 2.05) is 29.6 Å². The van der Waals surface area contributed by atoms with Gasteiger partial charge in [-0.3, -0.25) is 0 Å². The Morgan fingerprint density at radius 3 is 2.86 bits per heavy atom. The van der Waals surface area contributed by atoms with Crippen LogP contribution in [0.3, 0.4) is 0 Å². The maximum absolute atomic E-state index is 12.2. The lowest BCUT2D eigenvalue weighted by molar-refractivity contribution is 0.0516. The fraction of sp³-hybridized carbons (Fsp3) is 0.125. The smallest absolute Gasteiger partial charge is 0.357 e. The van der Waals surface area contributed by atoms with Crippen LogP contribution in [0.5, 0.6) is 0 Å². The molecule has 22 heavy (non-hydrogen) atoms. The van der Waals surface area contributed by atoms with Gasteiger partial charge in [-0.25, -0.2) is 9.48 Å². The van der Waals surface area contributed by atoms with Crippen molar-refractivity contribution in [2.45, 2.75) is 6.92 Å². The number of hydrogen-bond acceptors (Lipinski definition) is 4. The molecule has 0 bridgehead atoms. The molecule has 0 saturated carbocycles. The molecule has 0 atom stereocenters. The maximum atomic E-state index is 12.2. The highest BCUT2D eigenvalue weighted by molar-refractivity contribution is 7.13. The molecule has 0 amide bonds. The van der Waals surface area contributed by atoms with Crippen LogP contribution in [0.4, 0.5) is 0 Å². The van der Waals surface area contributed by atoms with Crippen molar-refractivity contribution in [2.75, 3.05) is 6.61 Å². The van der Waals surface area contributed by atoms with Crippen molar-refractivity contribution in [1.82, 2.24) is 9.78 Å². The fourth-order valence-electron chi connectivity index (χ4n) is 2.08. The van der Waals surface area contributed by atoms with Crippen molar-refractivity contribution in [3.63, 3.8) is 0 Å². The van der Waals surface area contributed by atoms with Crippen LogP contribution in [0.2, 0.25) is 5.02 Å². The Labute approximate surface area is 136 Å². The molecule has 3 rings (SSSR count). The molecule has 4 nitrogen and oxygen atoms in total. The van der Waals surface area contributed by atoms with Crippen LogP contribution < -0.4 is 0 Å². The molecule has 1 aromatic carbocycles. The summed E-state index contributed by atoms with van der Waals surface area (Å²) >= 11 is 7.61. The standard InChI is InChI=1S/C16H13ClN2O2S/c1-2-21-16(20)14-10-13(15-7-4-8-22-15)18-19(14)12-6-3-5-11(17)9-12/h3-10H,2H2,1H3. The number of halogens is 1. The number of carbonyl (C=O) groups excluding carboxylic acids is 1. The molecule has 0 aliphatic rings. The number of hydrogen-bond donors (Lipinski definition) is 0. The molecular weight excluding hydrogens is 320 g/mol. The lowest BCUT2D eigenvalue weighted by Crippen LogP contribution is -2.11. The quantitative estimate of drug-likeness (QED) is 0.664. The molecule has 2 heterocycles. The van der Waals surface area contributed by atoms with Gasteiger partial charge >= 0.3 is 5.97 Å². The minimum absolute atomic E-state index is 0.313. The second-order valence-electron chi connectivity index (χ2n) is 4.50. The van der Waals surface area contributed by atoms with Crippen LogP contribution >= 0.6 is 22.9 Å². The zero-order chi connectivity index (χ0) is 15.5. The molecule has 0 aliphatic heterocycles. The van der Waals surface area contributed by atoms with E-state index in [0.29, 0.717) is 17.3 Å². The van der Waals surface area contributed by atoms with Crippen LogP contribution in [0.15, 0.2) is 47.8 Å². The summed E-state index contributed by atoms with van der Waals surface area (Å²) in [7, 11) is 0. The summed E-state index contributed by atoms with van der Waals surface area (Å²) in [5, 5.41) is 7.09. The van der Waals surface area contributed by atoms with Gasteiger partial charge in [-0.05, 0) is 36.6 Å². The van der Waals surface area contributed by atoms with Crippen molar-refractivity contribution < 1.29 is 9.53 Å². The number of esters is 1. The topological polar surface area (TPSA) is 44.1 Å². The summed E-state index contributed by atoms with van der Waals surface area (Å²) < 4.78 is 6.69. The molecule has 2 aromatic heterocycles. The lowest BCUT2D eigenvalue weighted by atomic mass is 10.3. The predicted molar refractivity (Wildman–Crippen MR) is 87.8 cm³/mol. The fourth-order valence-corrected chi connectivity index (χ4v) is 2.95. The molecule has 0 radical (unpaired) electrons. The van der Waals surface area contributed by atoms with E-state index in [1.54, 1.807) is 41.1 Å². The van der Waals surface area contributed by atoms with E-state index in [2.05, 4.69) is 5.10 Å². The zero-order valence-electron chi connectivity index (χ0n) is 11.8. The van der Waals surface area contributed by atoms with Gasteiger partial charge in [0.1, 0.15) is 5.69 Å². The highest BCUT2D eigenvalue weighted by atomic mass is 35.5. The van der Waals surface area contributed by atoms with Crippen LogP contribution in [-0.4, -0.2) is 22.4 Å². The lowest BCUT2D eigenvalue weighted by Gasteiger charge is -2.06. The van der Waals surface area contributed by atoms with E-state index in [0.717, 1.165) is 16.3 Å². The Morgan fingerprint density at radius 1 is 1.32 bits per heavy atom. The third-order valence-electron chi connectivity index (χ3n) is 3.02. The second kappa shape index (κ2) is 6.34. The van der Waals surface area contributed by atoms with Gasteiger partial charge in [-0.15, -0.1) is 11.3 Å². The molecule has 0 aliphatic carbocycles. The summed E-state index contributed by atoms with van der Waals surface area (Å²) in [5.41, 5.74) is 1.84. The van der Waals surface area contributed by atoms with Gasteiger partial charge < -0.3 is 4.74 Å². The van der Waals surface area contributed by atoms with Gasteiger partial charge in [0.25, 0.3) is 0 Å². The number of aromatic nitrogens is 2. The molecule has 0 fully saturated rings. The Hall–Kier alpha value is -2.11. The highest BCUT2D eigenvalue weighted by Gasteiger charge is 2.19. The third-order valence-corrected chi connectivity index (χ3v) is 4.15. The minimum atomic E-state index is -0.405. The van der Waals surface area contributed by atoms with Crippen molar-refractivity contribution in [3.05, 3.63) is 58.6 Å².